The Morgan fingerprint density at radius 3 is 2.57 bits per heavy atom. The summed E-state index contributed by atoms with van der Waals surface area (Å²) in [4.78, 5) is 16.3. The van der Waals surface area contributed by atoms with Crippen molar-refractivity contribution in [2.45, 2.75) is 32.1 Å². The molecule has 1 fully saturated rings. The van der Waals surface area contributed by atoms with Gasteiger partial charge in [-0.05, 0) is 36.6 Å². The fourth-order valence-electron chi connectivity index (χ4n) is 2.81. The van der Waals surface area contributed by atoms with Crippen molar-refractivity contribution in [2.24, 2.45) is 10.9 Å². The van der Waals surface area contributed by atoms with Gasteiger partial charge in [-0.15, -0.1) is 0 Å². The zero-order valence-electron chi connectivity index (χ0n) is 12.2. The summed E-state index contributed by atoms with van der Waals surface area (Å²) in [5.74, 6) is 1.37. The number of carbonyl (C=O) groups is 1. The smallest absolute Gasteiger partial charge is 0.363 e. The van der Waals surface area contributed by atoms with Gasteiger partial charge in [0.2, 0.25) is 5.90 Å². The Morgan fingerprint density at radius 1 is 1.19 bits per heavy atom. The van der Waals surface area contributed by atoms with Crippen molar-refractivity contribution >= 4 is 17.9 Å². The fourth-order valence-corrected chi connectivity index (χ4v) is 2.81. The molecule has 3 rings (SSSR count). The maximum atomic E-state index is 11.9. The number of hydrogen-bond acceptors (Lipinski definition) is 4. The van der Waals surface area contributed by atoms with Gasteiger partial charge in [-0.1, -0.05) is 31.4 Å². The van der Waals surface area contributed by atoms with E-state index in [4.69, 9.17) is 9.47 Å². The Hall–Kier alpha value is -2.10. The van der Waals surface area contributed by atoms with E-state index in [2.05, 4.69) is 4.99 Å². The van der Waals surface area contributed by atoms with Crippen molar-refractivity contribution in [3.05, 3.63) is 35.5 Å². The molecule has 4 heteroatoms. The van der Waals surface area contributed by atoms with E-state index in [0.717, 1.165) is 24.2 Å². The first-order chi connectivity index (χ1) is 10.3. The molecule has 1 aliphatic heterocycles. The molecule has 2 aliphatic rings. The molecule has 0 unspecified atom stereocenters. The van der Waals surface area contributed by atoms with E-state index in [1.807, 2.05) is 24.3 Å². The highest BCUT2D eigenvalue weighted by Crippen LogP contribution is 2.29. The third kappa shape index (κ3) is 3.15. The molecule has 0 amide bonds. The third-order valence-corrected chi connectivity index (χ3v) is 4.01. The van der Waals surface area contributed by atoms with Crippen LogP contribution in [0.2, 0.25) is 0 Å². The molecule has 0 N–H and O–H groups in total. The van der Waals surface area contributed by atoms with Gasteiger partial charge >= 0.3 is 5.97 Å². The van der Waals surface area contributed by atoms with Gasteiger partial charge in [0.05, 0.1) is 7.11 Å². The molecule has 1 aliphatic carbocycles. The van der Waals surface area contributed by atoms with E-state index in [1.54, 1.807) is 13.2 Å². The summed E-state index contributed by atoms with van der Waals surface area (Å²) in [5.41, 5.74) is 1.30. The molecule has 1 aromatic carbocycles. The summed E-state index contributed by atoms with van der Waals surface area (Å²) in [7, 11) is 1.63. The minimum absolute atomic E-state index is 0.310. The zero-order chi connectivity index (χ0) is 14.7. The van der Waals surface area contributed by atoms with E-state index in [1.165, 1.54) is 19.3 Å². The van der Waals surface area contributed by atoms with E-state index < -0.39 is 0 Å². The van der Waals surface area contributed by atoms with Gasteiger partial charge in [-0.3, -0.25) is 0 Å². The number of benzene rings is 1. The monoisotopic (exact) mass is 285 g/mol. The summed E-state index contributed by atoms with van der Waals surface area (Å²) in [6.07, 6.45) is 7.56. The lowest BCUT2D eigenvalue weighted by atomic mass is 9.89. The number of methoxy groups -OCH3 is 1. The lowest BCUT2D eigenvalue weighted by Crippen LogP contribution is -2.19. The van der Waals surface area contributed by atoms with Crippen LogP contribution in [0.5, 0.6) is 5.75 Å². The van der Waals surface area contributed by atoms with Gasteiger partial charge in [0.25, 0.3) is 0 Å². The normalized spacial score (nSPS) is 21.3. The second kappa shape index (κ2) is 6.12. The van der Waals surface area contributed by atoms with Crippen LogP contribution in [-0.4, -0.2) is 19.0 Å². The molecule has 0 atom stereocenters. The van der Waals surface area contributed by atoms with Gasteiger partial charge < -0.3 is 9.47 Å². The Balaban J connectivity index is 1.78. The van der Waals surface area contributed by atoms with Crippen LogP contribution in [0.3, 0.4) is 0 Å². The first-order valence-electron chi connectivity index (χ1n) is 7.43. The number of hydrogen-bond donors (Lipinski definition) is 0. The van der Waals surface area contributed by atoms with E-state index in [9.17, 15) is 4.79 Å². The number of rotatable bonds is 3. The minimum atomic E-state index is -0.341. The van der Waals surface area contributed by atoms with Gasteiger partial charge in [-0.25, -0.2) is 9.79 Å². The quantitative estimate of drug-likeness (QED) is 0.630. The van der Waals surface area contributed by atoms with Crippen LogP contribution < -0.4 is 4.74 Å². The summed E-state index contributed by atoms with van der Waals surface area (Å²) in [5, 5.41) is 0. The molecule has 0 bridgehead atoms. The fraction of sp³-hybridized carbons (Fsp3) is 0.412. The predicted octanol–water partition coefficient (Wildman–Crippen LogP) is 3.57. The van der Waals surface area contributed by atoms with Crippen molar-refractivity contribution in [1.29, 1.82) is 0 Å². The van der Waals surface area contributed by atoms with Crippen molar-refractivity contribution < 1.29 is 14.3 Å². The van der Waals surface area contributed by atoms with Crippen molar-refractivity contribution in [3.63, 3.8) is 0 Å². The Kier molecular flexibility index (Phi) is 4.04. The summed E-state index contributed by atoms with van der Waals surface area (Å²) in [6.45, 7) is 0. The van der Waals surface area contributed by atoms with Gasteiger partial charge in [-0.2, -0.15) is 0 Å². The van der Waals surface area contributed by atoms with Crippen LogP contribution in [-0.2, 0) is 9.53 Å². The molecule has 1 saturated carbocycles. The second-order valence-electron chi connectivity index (χ2n) is 5.48. The summed E-state index contributed by atoms with van der Waals surface area (Å²) < 4.78 is 10.5. The average Bonchev–Trinajstić information content (AvgIpc) is 2.90. The van der Waals surface area contributed by atoms with Crippen LogP contribution in [0.4, 0.5) is 0 Å². The van der Waals surface area contributed by atoms with Gasteiger partial charge in [0.1, 0.15) is 5.75 Å². The van der Waals surface area contributed by atoms with E-state index >= 15 is 0 Å². The van der Waals surface area contributed by atoms with Gasteiger partial charge in [0, 0.05) is 5.92 Å². The largest absolute Gasteiger partial charge is 0.497 e. The number of carbonyl (C=O) groups excluding carboxylic acids is 1. The highest BCUT2D eigenvalue weighted by molar-refractivity contribution is 6.07. The molecule has 0 aromatic heterocycles. The van der Waals surface area contributed by atoms with Crippen molar-refractivity contribution in [1.82, 2.24) is 0 Å². The molecule has 0 spiro atoms. The van der Waals surface area contributed by atoms with Crippen LogP contribution in [0, 0.1) is 5.92 Å². The number of cyclic esters (lactones) is 1. The standard InChI is InChI=1S/C17H19NO3/c1-20-14-9-7-12(8-10-14)11-15-17(19)21-16(18-15)13-5-3-2-4-6-13/h7-11,13H,2-6H2,1H3/b15-11-. The second-order valence-corrected chi connectivity index (χ2v) is 5.48. The maximum Gasteiger partial charge on any atom is 0.363 e. The third-order valence-electron chi connectivity index (χ3n) is 4.01. The Labute approximate surface area is 124 Å². The topological polar surface area (TPSA) is 47.9 Å². The summed E-state index contributed by atoms with van der Waals surface area (Å²) >= 11 is 0. The number of aliphatic imine (C=N–C) groups is 1. The van der Waals surface area contributed by atoms with Crippen LogP contribution >= 0.6 is 0 Å². The minimum Gasteiger partial charge on any atom is -0.497 e. The van der Waals surface area contributed by atoms with E-state index in [0.29, 0.717) is 17.5 Å². The first-order valence-corrected chi connectivity index (χ1v) is 7.43. The van der Waals surface area contributed by atoms with Crippen LogP contribution in [0.25, 0.3) is 6.08 Å². The lowest BCUT2D eigenvalue weighted by molar-refractivity contribution is -0.130. The molecular formula is C17H19NO3. The molecule has 1 aromatic rings. The molecule has 21 heavy (non-hydrogen) atoms. The lowest BCUT2D eigenvalue weighted by Gasteiger charge is -2.19. The Bertz CT molecular complexity index is 581. The molecular weight excluding hydrogens is 266 g/mol. The van der Waals surface area contributed by atoms with Crippen molar-refractivity contribution in [2.75, 3.05) is 7.11 Å². The van der Waals surface area contributed by atoms with Crippen LogP contribution in [0.1, 0.15) is 37.7 Å². The zero-order valence-corrected chi connectivity index (χ0v) is 12.2. The molecule has 0 saturated heterocycles. The van der Waals surface area contributed by atoms with E-state index in [-0.39, 0.29) is 5.97 Å². The average molecular weight is 285 g/mol. The maximum absolute atomic E-state index is 11.9. The molecule has 0 radical (unpaired) electrons. The predicted molar refractivity (Wildman–Crippen MR) is 81.1 cm³/mol. The Morgan fingerprint density at radius 2 is 1.90 bits per heavy atom. The van der Waals surface area contributed by atoms with Gasteiger partial charge in [0.15, 0.2) is 5.70 Å². The van der Waals surface area contributed by atoms with Crippen molar-refractivity contribution in [3.8, 4) is 5.75 Å². The first kappa shape index (κ1) is 13.9. The molecule has 1 heterocycles. The number of esters is 1. The highest BCUT2D eigenvalue weighted by atomic mass is 16.6. The summed E-state index contributed by atoms with van der Waals surface area (Å²) in [6, 6.07) is 7.51. The highest BCUT2D eigenvalue weighted by Gasteiger charge is 2.29. The number of nitrogens with zero attached hydrogens (tertiary/aromatic N) is 1. The SMILES string of the molecule is COc1ccc(/C=C2\N=C(C3CCCCC3)OC2=O)cc1. The molecule has 4 nitrogen and oxygen atoms in total. The molecule has 110 valence electrons. The number of ether oxygens (including phenoxy) is 2. The van der Waals surface area contributed by atoms with Crippen LogP contribution in [0.15, 0.2) is 35.0 Å².